The second kappa shape index (κ2) is 8.84. The van der Waals surface area contributed by atoms with Gasteiger partial charge in [-0.3, -0.25) is 4.79 Å². The van der Waals surface area contributed by atoms with Gasteiger partial charge in [0.1, 0.15) is 11.5 Å². The summed E-state index contributed by atoms with van der Waals surface area (Å²) in [5.74, 6) is 0.668. The number of aromatic nitrogens is 2. The third-order valence-electron chi connectivity index (χ3n) is 5.18. The Bertz CT molecular complexity index is 923. The van der Waals surface area contributed by atoms with Gasteiger partial charge in [-0.1, -0.05) is 48.5 Å². The third-order valence-corrected chi connectivity index (χ3v) is 5.18. The van der Waals surface area contributed by atoms with Crippen molar-refractivity contribution in [2.24, 2.45) is 0 Å². The van der Waals surface area contributed by atoms with Crippen LogP contribution in [-0.4, -0.2) is 54.0 Å². The van der Waals surface area contributed by atoms with Crippen LogP contribution in [0.3, 0.4) is 0 Å². The van der Waals surface area contributed by atoms with Crippen LogP contribution in [0.25, 0.3) is 0 Å². The summed E-state index contributed by atoms with van der Waals surface area (Å²) in [6.07, 6.45) is 3.31. The summed E-state index contributed by atoms with van der Waals surface area (Å²) < 4.78 is 0. The maximum absolute atomic E-state index is 13.3. The monoisotopic (exact) mass is 387 g/mol. The molecule has 1 aliphatic rings. The summed E-state index contributed by atoms with van der Waals surface area (Å²) >= 11 is 0. The fourth-order valence-corrected chi connectivity index (χ4v) is 3.42. The first-order valence-electron chi connectivity index (χ1n) is 9.87. The minimum absolute atomic E-state index is 0.155. The molecule has 6 nitrogen and oxygen atoms in total. The number of hydrogen-bond donors (Lipinski definition) is 0. The summed E-state index contributed by atoms with van der Waals surface area (Å²) in [4.78, 5) is 28.5. The molecule has 2 heterocycles. The van der Waals surface area contributed by atoms with Crippen molar-refractivity contribution in [3.63, 3.8) is 0 Å². The summed E-state index contributed by atoms with van der Waals surface area (Å²) in [5, 5.41) is 0. The number of hydrogen-bond acceptors (Lipinski definition) is 5. The highest BCUT2D eigenvalue weighted by molar-refractivity contribution is 6.04. The van der Waals surface area contributed by atoms with Gasteiger partial charge in [0.05, 0.1) is 18.9 Å². The van der Waals surface area contributed by atoms with Crippen molar-refractivity contribution in [1.29, 1.82) is 0 Å². The molecule has 1 aromatic heterocycles. The molecule has 148 valence electrons. The molecule has 0 N–H and O–H groups in total. The molecule has 0 radical (unpaired) electrons. The second-order valence-corrected chi connectivity index (χ2v) is 7.26. The van der Waals surface area contributed by atoms with Crippen molar-refractivity contribution in [1.82, 2.24) is 14.9 Å². The highest BCUT2D eigenvalue weighted by Gasteiger charge is 2.21. The molecule has 4 rings (SSSR count). The predicted molar refractivity (Wildman–Crippen MR) is 115 cm³/mol. The van der Waals surface area contributed by atoms with E-state index in [2.05, 4.69) is 26.8 Å². The smallest absolute Gasteiger partial charge is 0.278 e. The Balaban J connectivity index is 1.55. The SMILES string of the molecule is CN1CCN(c2cnc(C(=O)N(Cc3ccccc3)c3ccccc3)cn2)CC1. The van der Waals surface area contributed by atoms with Gasteiger partial charge in [0.15, 0.2) is 0 Å². The van der Waals surface area contributed by atoms with E-state index < -0.39 is 0 Å². The summed E-state index contributed by atoms with van der Waals surface area (Å²) in [5.41, 5.74) is 2.25. The van der Waals surface area contributed by atoms with E-state index in [9.17, 15) is 4.79 Å². The fraction of sp³-hybridized carbons (Fsp3) is 0.261. The summed E-state index contributed by atoms with van der Waals surface area (Å²) in [6.45, 7) is 4.32. The molecule has 1 saturated heterocycles. The molecule has 3 aromatic rings. The average Bonchev–Trinajstić information content (AvgIpc) is 2.79. The van der Waals surface area contributed by atoms with Crippen molar-refractivity contribution in [2.45, 2.75) is 6.54 Å². The standard InChI is InChI=1S/C23H25N5O/c1-26-12-14-27(15-13-26)22-17-24-21(16-25-22)23(29)28(20-10-6-3-7-11-20)18-19-8-4-2-5-9-19/h2-11,16-17H,12-15,18H2,1H3. The first-order valence-corrected chi connectivity index (χ1v) is 9.87. The average molecular weight is 387 g/mol. The minimum atomic E-state index is -0.155. The van der Waals surface area contributed by atoms with E-state index in [1.54, 1.807) is 17.3 Å². The Labute approximate surface area is 171 Å². The van der Waals surface area contributed by atoms with Gasteiger partial charge < -0.3 is 14.7 Å². The van der Waals surface area contributed by atoms with Crippen molar-refractivity contribution in [2.75, 3.05) is 43.0 Å². The van der Waals surface area contributed by atoms with E-state index in [0.29, 0.717) is 12.2 Å². The van der Waals surface area contributed by atoms with E-state index in [-0.39, 0.29) is 5.91 Å². The van der Waals surface area contributed by atoms with Crippen LogP contribution >= 0.6 is 0 Å². The molecule has 0 atom stereocenters. The third kappa shape index (κ3) is 4.60. The van der Waals surface area contributed by atoms with E-state index in [1.807, 2.05) is 60.7 Å². The zero-order valence-electron chi connectivity index (χ0n) is 16.6. The highest BCUT2D eigenvalue weighted by atomic mass is 16.2. The zero-order chi connectivity index (χ0) is 20.1. The lowest BCUT2D eigenvalue weighted by atomic mass is 10.2. The maximum Gasteiger partial charge on any atom is 0.278 e. The highest BCUT2D eigenvalue weighted by Crippen LogP contribution is 2.20. The minimum Gasteiger partial charge on any atom is -0.353 e. The van der Waals surface area contributed by atoms with Crippen LogP contribution in [-0.2, 0) is 6.54 Å². The quantitative estimate of drug-likeness (QED) is 0.673. The van der Waals surface area contributed by atoms with Crippen molar-refractivity contribution >= 4 is 17.4 Å². The van der Waals surface area contributed by atoms with Gasteiger partial charge in [0.25, 0.3) is 5.91 Å². The van der Waals surface area contributed by atoms with Crippen LogP contribution in [0.2, 0.25) is 0 Å². The molecule has 1 amide bonds. The van der Waals surface area contributed by atoms with Crippen molar-refractivity contribution in [3.8, 4) is 0 Å². The molecule has 1 aliphatic heterocycles. The van der Waals surface area contributed by atoms with E-state index in [4.69, 9.17) is 0 Å². The first kappa shape index (κ1) is 19.1. The molecular weight excluding hydrogens is 362 g/mol. The van der Waals surface area contributed by atoms with Crippen LogP contribution in [0.1, 0.15) is 16.1 Å². The number of nitrogens with zero attached hydrogens (tertiary/aromatic N) is 5. The molecule has 0 spiro atoms. The number of anilines is 2. The van der Waals surface area contributed by atoms with Crippen LogP contribution < -0.4 is 9.80 Å². The molecule has 1 fully saturated rings. The van der Waals surface area contributed by atoms with Crippen LogP contribution in [0.15, 0.2) is 73.1 Å². The van der Waals surface area contributed by atoms with Gasteiger partial charge in [0.2, 0.25) is 0 Å². The number of amides is 1. The van der Waals surface area contributed by atoms with Gasteiger partial charge in [-0.2, -0.15) is 0 Å². The summed E-state index contributed by atoms with van der Waals surface area (Å²) in [6, 6.07) is 19.7. The Morgan fingerprint density at radius 2 is 1.55 bits per heavy atom. The normalized spacial score (nSPS) is 14.6. The number of piperazine rings is 1. The van der Waals surface area contributed by atoms with Crippen molar-refractivity contribution in [3.05, 3.63) is 84.3 Å². The van der Waals surface area contributed by atoms with E-state index in [1.165, 1.54) is 0 Å². The van der Waals surface area contributed by atoms with Crippen molar-refractivity contribution < 1.29 is 4.79 Å². The molecule has 0 bridgehead atoms. The maximum atomic E-state index is 13.3. The lowest BCUT2D eigenvalue weighted by molar-refractivity contribution is 0.0980. The lowest BCUT2D eigenvalue weighted by Gasteiger charge is -2.33. The van der Waals surface area contributed by atoms with E-state index in [0.717, 1.165) is 43.2 Å². The Morgan fingerprint density at radius 1 is 0.897 bits per heavy atom. The number of benzene rings is 2. The summed E-state index contributed by atoms with van der Waals surface area (Å²) in [7, 11) is 2.12. The molecule has 6 heteroatoms. The lowest BCUT2D eigenvalue weighted by Crippen LogP contribution is -2.44. The Hall–Kier alpha value is -3.25. The molecule has 0 saturated carbocycles. The number of likely N-dealkylation sites (N-methyl/N-ethyl adjacent to an activating group) is 1. The second-order valence-electron chi connectivity index (χ2n) is 7.26. The Kier molecular flexibility index (Phi) is 5.81. The molecule has 29 heavy (non-hydrogen) atoms. The van der Waals surface area contributed by atoms with Crippen LogP contribution in [0, 0.1) is 0 Å². The Morgan fingerprint density at radius 3 is 2.17 bits per heavy atom. The van der Waals surface area contributed by atoms with Gasteiger partial charge in [-0.15, -0.1) is 0 Å². The van der Waals surface area contributed by atoms with Gasteiger partial charge >= 0.3 is 0 Å². The van der Waals surface area contributed by atoms with Crippen LogP contribution in [0.5, 0.6) is 0 Å². The number of rotatable bonds is 5. The number of carbonyl (C=O) groups excluding carboxylic acids is 1. The molecular formula is C23H25N5O. The molecule has 0 aliphatic carbocycles. The first-order chi connectivity index (χ1) is 14.2. The molecule has 0 unspecified atom stereocenters. The van der Waals surface area contributed by atoms with Gasteiger partial charge in [0, 0.05) is 31.9 Å². The molecule has 2 aromatic carbocycles. The predicted octanol–water partition coefficient (Wildman–Crippen LogP) is 3.08. The topological polar surface area (TPSA) is 52.6 Å². The van der Waals surface area contributed by atoms with Gasteiger partial charge in [-0.25, -0.2) is 9.97 Å². The van der Waals surface area contributed by atoms with E-state index >= 15 is 0 Å². The number of carbonyl (C=O) groups is 1. The fourth-order valence-electron chi connectivity index (χ4n) is 3.42. The zero-order valence-corrected chi connectivity index (χ0v) is 16.6. The van der Waals surface area contributed by atoms with Crippen LogP contribution in [0.4, 0.5) is 11.5 Å². The largest absolute Gasteiger partial charge is 0.353 e. The number of para-hydroxylation sites is 1. The van der Waals surface area contributed by atoms with Gasteiger partial charge in [-0.05, 0) is 24.7 Å².